The molecular formula is C25H25N3O3S2. The van der Waals surface area contributed by atoms with Crippen molar-refractivity contribution >= 4 is 42.6 Å². The number of carbonyl (C=O) groups is 1. The third-order valence-electron chi connectivity index (χ3n) is 5.39. The number of aryl methyl sites for hydroxylation is 1. The lowest BCUT2D eigenvalue weighted by atomic mass is 10.1. The lowest BCUT2D eigenvalue weighted by molar-refractivity contribution is 0.0985. The lowest BCUT2D eigenvalue weighted by Crippen LogP contribution is -2.30. The molecule has 0 N–H and O–H groups in total. The molecule has 0 saturated carbocycles. The van der Waals surface area contributed by atoms with Crippen molar-refractivity contribution in [3.8, 4) is 0 Å². The van der Waals surface area contributed by atoms with E-state index >= 15 is 0 Å². The number of hydrogen-bond donors (Lipinski definition) is 0. The van der Waals surface area contributed by atoms with Crippen molar-refractivity contribution in [2.45, 2.75) is 24.8 Å². The highest BCUT2D eigenvalue weighted by Gasteiger charge is 2.23. The summed E-state index contributed by atoms with van der Waals surface area (Å²) in [5, 5.41) is 0.608. The van der Waals surface area contributed by atoms with Crippen LogP contribution >= 0.6 is 11.3 Å². The molecule has 0 aliphatic rings. The van der Waals surface area contributed by atoms with Gasteiger partial charge in [-0.2, -0.15) is 0 Å². The van der Waals surface area contributed by atoms with Gasteiger partial charge < -0.3 is 0 Å². The van der Waals surface area contributed by atoms with Gasteiger partial charge in [0.05, 0.1) is 21.7 Å². The molecule has 6 nitrogen and oxygen atoms in total. The van der Waals surface area contributed by atoms with E-state index in [9.17, 15) is 13.2 Å². The number of aromatic nitrogens is 1. The van der Waals surface area contributed by atoms with Crippen LogP contribution in [-0.2, 0) is 23.0 Å². The molecule has 0 aliphatic heterocycles. The number of carbonyl (C=O) groups excluding carboxylic acids is 1. The van der Waals surface area contributed by atoms with E-state index < -0.39 is 10.0 Å². The van der Waals surface area contributed by atoms with Gasteiger partial charge in [-0.15, -0.1) is 0 Å². The van der Waals surface area contributed by atoms with E-state index in [1.165, 1.54) is 43.1 Å². The van der Waals surface area contributed by atoms with Crippen LogP contribution in [0.15, 0.2) is 77.7 Å². The number of hydrogen-bond acceptors (Lipinski definition) is 5. The maximum Gasteiger partial charge on any atom is 0.260 e. The molecule has 170 valence electrons. The molecule has 0 radical (unpaired) electrons. The van der Waals surface area contributed by atoms with E-state index in [4.69, 9.17) is 4.98 Å². The first-order valence-corrected chi connectivity index (χ1v) is 12.8. The largest absolute Gasteiger partial charge is 0.279 e. The Hall–Kier alpha value is -3.07. The zero-order chi connectivity index (χ0) is 23.6. The molecule has 1 amide bonds. The minimum Gasteiger partial charge on any atom is -0.279 e. The van der Waals surface area contributed by atoms with Gasteiger partial charge in [0.25, 0.3) is 5.91 Å². The van der Waals surface area contributed by atoms with Crippen LogP contribution in [0.4, 0.5) is 5.13 Å². The van der Waals surface area contributed by atoms with Crippen molar-refractivity contribution < 1.29 is 13.2 Å². The normalized spacial score (nSPS) is 11.8. The Balaban J connectivity index is 1.72. The summed E-state index contributed by atoms with van der Waals surface area (Å²) in [5.41, 5.74) is 3.45. The summed E-state index contributed by atoms with van der Waals surface area (Å²) >= 11 is 1.48. The van der Waals surface area contributed by atoms with E-state index in [1.807, 2.05) is 36.4 Å². The highest BCUT2D eigenvalue weighted by atomic mass is 32.2. The van der Waals surface area contributed by atoms with Crippen molar-refractivity contribution in [1.82, 2.24) is 9.29 Å². The Morgan fingerprint density at radius 1 is 0.939 bits per heavy atom. The molecule has 0 fully saturated rings. The number of thiazole rings is 1. The monoisotopic (exact) mass is 479 g/mol. The van der Waals surface area contributed by atoms with Crippen LogP contribution in [0.25, 0.3) is 10.2 Å². The molecule has 0 aliphatic carbocycles. The van der Waals surface area contributed by atoms with Crippen LogP contribution in [0.2, 0.25) is 0 Å². The van der Waals surface area contributed by atoms with Crippen molar-refractivity contribution in [1.29, 1.82) is 0 Å². The molecule has 0 saturated heterocycles. The van der Waals surface area contributed by atoms with Crippen LogP contribution in [-0.4, -0.2) is 37.7 Å². The molecule has 0 spiro atoms. The van der Waals surface area contributed by atoms with Gasteiger partial charge >= 0.3 is 0 Å². The van der Waals surface area contributed by atoms with E-state index in [2.05, 4.69) is 19.1 Å². The van der Waals surface area contributed by atoms with E-state index in [1.54, 1.807) is 17.0 Å². The van der Waals surface area contributed by atoms with Gasteiger partial charge in [-0.1, -0.05) is 54.7 Å². The Kier molecular flexibility index (Phi) is 6.60. The quantitative estimate of drug-likeness (QED) is 0.376. The average molecular weight is 480 g/mol. The Morgan fingerprint density at radius 2 is 1.64 bits per heavy atom. The summed E-state index contributed by atoms with van der Waals surface area (Å²) < 4.78 is 26.9. The number of nitrogens with zero attached hydrogens (tertiary/aromatic N) is 3. The standard InChI is InChI=1S/C25H25N3O3S2/c1-4-18-10-15-22-23(16-18)32-25(26-22)28(17-19-8-6-5-7-9-19)24(29)20-11-13-21(14-12-20)33(30,31)27(2)3/h5-16H,4,17H2,1-3H3. The SMILES string of the molecule is CCc1ccc2nc(N(Cc3ccccc3)C(=O)c3ccc(S(=O)(=O)N(C)C)cc3)sc2c1. The molecule has 4 rings (SSSR count). The smallest absolute Gasteiger partial charge is 0.260 e. The second-order valence-corrected chi connectivity index (χ2v) is 11.0. The van der Waals surface area contributed by atoms with Gasteiger partial charge in [0, 0.05) is 19.7 Å². The Bertz CT molecular complexity index is 1380. The van der Waals surface area contributed by atoms with E-state index in [0.717, 1.165) is 26.5 Å². The van der Waals surface area contributed by atoms with Gasteiger partial charge in [-0.3, -0.25) is 9.69 Å². The maximum absolute atomic E-state index is 13.6. The summed E-state index contributed by atoms with van der Waals surface area (Å²) in [4.78, 5) is 20.1. The maximum atomic E-state index is 13.6. The number of amides is 1. The first kappa shape index (κ1) is 23.1. The van der Waals surface area contributed by atoms with Gasteiger partial charge in [0.15, 0.2) is 5.13 Å². The third kappa shape index (κ3) is 4.83. The Labute approximate surface area is 198 Å². The topological polar surface area (TPSA) is 70.6 Å². The fourth-order valence-corrected chi connectivity index (χ4v) is 5.35. The number of sulfonamides is 1. The fourth-order valence-electron chi connectivity index (χ4n) is 3.42. The summed E-state index contributed by atoms with van der Waals surface area (Å²) in [6.45, 7) is 2.46. The molecule has 3 aromatic carbocycles. The van der Waals surface area contributed by atoms with Crippen molar-refractivity contribution in [2.24, 2.45) is 0 Å². The van der Waals surface area contributed by atoms with Crippen LogP contribution < -0.4 is 4.90 Å². The highest BCUT2D eigenvalue weighted by molar-refractivity contribution is 7.89. The van der Waals surface area contributed by atoms with Crippen molar-refractivity contribution in [3.63, 3.8) is 0 Å². The predicted octanol–water partition coefficient (Wildman–Crippen LogP) is 4.96. The van der Waals surface area contributed by atoms with E-state index in [0.29, 0.717) is 17.2 Å². The number of rotatable bonds is 7. The molecular weight excluding hydrogens is 454 g/mol. The molecule has 1 heterocycles. The molecule has 4 aromatic rings. The number of fused-ring (bicyclic) bond motifs is 1. The second-order valence-electron chi connectivity index (χ2n) is 7.84. The third-order valence-corrected chi connectivity index (χ3v) is 8.26. The summed E-state index contributed by atoms with van der Waals surface area (Å²) in [6, 6.07) is 21.9. The number of anilines is 1. The van der Waals surface area contributed by atoms with Crippen molar-refractivity contribution in [2.75, 3.05) is 19.0 Å². The van der Waals surface area contributed by atoms with Gasteiger partial charge in [-0.25, -0.2) is 17.7 Å². The molecule has 0 unspecified atom stereocenters. The molecule has 33 heavy (non-hydrogen) atoms. The zero-order valence-electron chi connectivity index (χ0n) is 18.7. The molecule has 1 aromatic heterocycles. The fraction of sp³-hybridized carbons (Fsp3) is 0.200. The Morgan fingerprint density at radius 3 is 2.27 bits per heavy atom. The van der Waals surface area contributed by atoms with Gasteiger partial charge in [0.2, 0.25) is 10.0 Å². The first-order chi connectivity index (χ1) is 15.8. The van der Waals surface area contributed by atoms with Crippen molar-refractivity contribution in [3.05, 3.63) is 89.5 Å². The van der Waals surface area contributed by atoms with E-state index in [-0.39, 0.29) is 10.8 Å². The van der Waals surface area contributed by atoms with Gasteiger partial charge in [0.1, 0.15) is 0 Å². The first-order valence-electron chi connectivity index (χ1n) is 10.6. The van der Waals surface area contributed by atoms with Crippen LogP contribution in [0.5, 0.6) is 0 Å². The minimum absolute atomic E-state index is 0.144. The minimum atomic E-state index is -3.57. The number of benzene rings is 3. The summed E-state index contributed by atoms with van der Waals surface area (Å²) in [7, 11) is -0.608. The highest BCUT2D eigenvalue weighted by Crippen LogP contribution is 2.32. The predicted molar refractivity (Wildman–Crippen MR) is 133 cm³/mol. The molecule has 0 atom stereocenters. The molecule has 0 bridgehead atoms. The molecule has 8 heteroatoms. The van der Waals surface area contributed by atoms with Gasteiger partial charge in [-0.05, 0) is 53.9 Å². The summed E-state index contributed by atoms with van der Waals surface area (Å²) in [5.74, 6) is -0.234. The lowest BCUT2D eigenvalue weighted by Gasteiger charge is -2.20. The van der Waals surface area contributed by atoms with Crippen LogP contribution in [0.1, 0.15) is 28.4 Å². The van der Waals surface area contributed by atoms with Crippen LogP contribution in [0, 0.1) is 0 Å². The van der Waals surface area contributed by atoms with Crippen LogP contribution in [0.3, 0.4) is 0 Å². The zero-order valence-corrected chi connectivity index (χ0v) is 20.4. The second kappa shape index (κ2) is 9.43. The average Bonchev–Trinajstić information content (AvgIpc) is 3.25. The summed E-state index contributed by atoms with van der Waals surface area (Å²) in [6.07, 6.45) is 0.929.